The molecule has 3 heterocycles. The lowest BCUT2D eigenvalue weighted by molar-refractivity contribution is 0.242. The molecule has 202 valence electrons. The van der Waals surface area contributed by atoms with Crippen LogP contribution in [0.25, 0.3) is 17.1 Å². The van der Waals surface area contributed by atoms with Crippen LogP contribution in [0.3, 0.4) is 0 Å². The monoisotopic (exact) mass is 570 g/mol. The van der Waals surface area contributed by atoms with E-state index in [0.717, 1.165) is 24.1 Å². The molecule has 6 rings (SSSR count). The van der Waals surface area contributed by atoms with Crippen molar-refractivity contribution >= 4 is 21.4 Å². The Kier molecular flexibility index (Phi) is 5.89. The maximum atomic E-state index is 14.6. The number of nitrogens with zero attached hydrogens (tertiary/aromatic N) is 6. The largest absolute Gasteiger partial charge is 0.232 e. The second-order valence-electron chi connectivity index (χ2n) is 10.9. The first-order valence-corrected chi connectivity index (χ1v) is 14.9. The number of benzene rings is 1. The number of aryl methyl sites for hydroxylation is 1. The average Bonchev–Trinajstić information content (AvgIpc) is 3.50. The standard InChI is InChI=1S/C27H25ClF2N6O2S/c1-26(2)17-7-9-27(26,25-16(17)13-20(33-34-25)24-18(29)5-4-6-19(24)30)21-11-15(28)12-23(32-21)36-14-31-22(35-36)8-10-39(3,37)38/h4-6,11-14,17H,7-10H2,1-3H3/t17-,27-/m0/s1. The first kappa shape index (κ1) is 25.9. The minimum atomic E-state index is -3.16. The highest BCUT2D eigenvalue weighted by Gasteiger charge is 2.65. The molecule has 12 heteroatoms. The maximum absolute atomic E-state index is 14.6. The SMILES string of the molecule is CC1(C)[C@H]2CC[C@]1(c1cc(Cl)cc(-n3cnc(CCS(C)(=O)=O)n3)n1)c1nnc(-c3c(F)cccc3F)cc12. The van der Waals surface area contributed by atoms with Crippen LogP contribution >= 0.6 is 11.6 Å². The van der Waals surface area contributed by atoms with E-state index in [1.807, 2.05) is 6.07 Å². The van der Waals surface area contributed by atoms with Gasteiger partial charge in [-0.15, -0.1) is 10.2 Å². The Balaban J connectivity index is 1.44. The zero-order valence-electron chi connectivity index (χ0n) is 21.5. The van der Waals surface area contributed by atoms with Crippen LogP contribution in [0.15, 0.2) is 42.7 Å². The Morgan fingerprint density at radius 3 is 2.59 bits per heavy atom. The highest BCUT2D eigenvalue weighted by molar-refractivity contribution is 7.90. The van der Waals surface area contributed by atoms with Gasteiger partial charge in [0.15, 0.2) is 11.6 Å². The van der Waals surface area contributed by atoms with Crippen molar-refractivity contribution in [3.63, 3.8) is 0 Å². The molecule has 2 atom stereocenters. The van der Waals surface area contributed by atoms with Gasteiger partial charge in [0, 0.05) is 23.8 Å². The lowest BCUT2D eigenvalue weighted by Gasteiger charge is -2.37. The summed E-state index contributed by atoms with van der Waals surface area (Å²) in [6.07, 6.45) is 4.43. The van der Waals surface area contributed by atoms with Gasteiger partial charge in [-0.25, -0.2) is 31.8 Å². The van der Waals surface area contributed by atoms with Crippen LogP contribution in [-0.4, -0.2) is 50.4 Å². The van der Waals surface area contributed by atoms with E-state index in [-0.39, 0.29) is 34.8 Å². The summed E-state index contributed by atoms with van der Waals surface area (Å²) in [6.45, 7) is 4.30. The molecule has 0 amide bonds. The van der Waals surface area contributed by atoms with Gasteiger partial charge in [-0.05, 0) is 54.0 Å². The van der Waals surface area contributed by atoms with Crippen LogP contribution < -0.4 is 0 Å². The first-order valence-electron chi connectivity index (χ1n) is 12.5. The van der Waals surface area contributed by atoms with Crippen LogP contribution in [0.1, 0.15) is 55.4 Å². The molecule has 0 spiro atoms. The predicted octanol–water partition coefficient (Wildman–Crippen LogP) is 4.84. The van der Waals surface area contributed by atoms with Gasteiger partial charge in [0.2, 0.25) is 0 Å². The van der Waals surface area contributed by atoms with Crippen molar-refractivity contribution in [2.24, 2.45) is 5.41 Å². The van der Waals surface area contributed by atoms with E-state index in [1.165, 1.54) is 35.5 Å². The number of halogens is 3. The second-order valence-corrected chi connectivity index (χ2v) is 13.6. The summed E-state index contributed by atoms with van der Waals surface area (Å²) in [6, 6.07) is 8.98. The fourth-order valence-electron chi connectivity index (χ4n) is 6.38. The molecule has 0 saturated heterocycles. The molecule has 0 radical (unpaired) electrons. The molecule has 4 aromatic rings. The topological polar surface area (TPSA) is 104 Å². The highest BCUT2D eigenvalue weighted by atomic mass is 35.5. The summed E-state index contributed by atoms with van der Waals surface area (Å²) in [5, 5.41) is 13.7. The molecule has 8 nitrogen and oxygen atoms in total. The predicted molar refractivity (Wildman–Crippen MR) is 141 cm³/mol. The molecule has 0 unspecified atom stereocenters. The van der Waals surface area contributed by atoms with Crippen molar-refractivity contribution < 1.29 is 17.2 Å². The zero-order chi connectivity index (χ0) is 27.7. The quantitative estimate of drug-likeness (QED) is 0.327. The van der Waals surface area contributed by atoms with Gasteiger partial charge < -0.3 is 0 Å². The molecule has 2 bridgehead atoms. The molecule has 1 aromatic carbocycles. The Labute approximate surface area is 229 Å². The van der Waals surface area contributed by atoms with Gasteiger partial charge in [-0.1, -0.05) is 31.5 Å². The Morgan fingerprint density at radius 1 is 1.13 bits per heavy atom. The van der Waals surface area contributed by atoms with E-state index < -0.39 is 26.9 Å². The molecular formula is C27H25ClF2N6O2S. The van der Waals surface area contributed by atoms with Crippen LogP contribution in [0.2, 0.25) is 5.02 Å². The van der Waals surface area contributed by atoms with Gasteiger partial charge in [-0.3, -0.25) is 0 Å². The minimum absolute atomic E-state index is 0.0574. The summed E-state index contributed by atoms with van der Waals surface area (Å²) in [5.41, 5.74) is 1.34. The van der Waals surface area contributed by atoms with E-state index in [1.54, 1.807) is 12.1 Å². The molecule has 0 aliphatic heterocycles. The number of hydrogen-bond donors (Lipinski definition) is 0. The van der Waals surface area contributed by atoms with Crippen molar-refractivity contribution in [1.82, 2.24) is 29.9 Å². The summed E-state index contributed by atoms with van der Waals surface area (Å²) in [7, 11) is -3.16. The maximum Gasteiger partial charge on any atom is 0.156 e. The minimum Gasteiger partial charge on any atom is -0.232 e. The summed E-state index contributed by atoms with van der Waals surface area (Å²) in [4.78, 5) is 9.19. The number of pyridine rings is 1. The van der Waals surface area contributed by atoms with Gasteiger partial charge in [0.1, 0.15) is 27.8 Å². The molecule has 39 heavy (non-hydrogen) atoms. The zero-order valence-corrected chi connectivity index (χ0v) is 23.1. The molecule has 2 aliphatic rings. The third-order valence-corrected chi connectivity index (χ3v) is 9.45. The number of fused-ring (bicyclic) bond motifs is 5. The Bertz CT molecular complexity index is 1720. The van der Waals surface area contributed by atoms with Gasteiger partial charge in [0.05, 0.1) is 33.8 Å². The lowest BCUT2D eigenvalue weighted by atomic mass is 9.66. The van der Waals surface area contributed by atoms with Crippen LogP contribution in [-0.2, 0) is 21.7 Å². The van der Waals surface area contributed by atoms with Crippen molar-refractivity contribution in [1.29, 1.82) is 0 Å². The number of sulfone groups is 1. The van der Waals surface area contributed by atoms with Crippen LogP contribution in [0.5, 0.6) is 0 Å². The second kappa shape index (κ2) is 8.85. The van der Waals surface area contributed by atoms with E-state index in [2.05, 4.69) is 34.1 Å². The van der Waals surface area contributed by atoms with Crippen molar-refractivity contribution in [3.8, 4) is 17.1 Å². The fraction of sp³-hybridized carbons (Fsp3) is 0.370. The van der Waals surface area contributed by atoms with Gasteiger partial charge >= 0.3 is 0 Å². The number of hydrogen-bond acceptors (Lipinski definition) is 7. The molecule has 1 saturated carbocycles. The van der Waals surface area contributed by atoms with Crippen LogP contribution in [0, 0.1) is 17.0 Å². The third kappa shape index (κ3) is 4.05. The summed E-state index contributed by atoms with van der Waals surface area (Å²) < 4.78 is 53.7. The molecule has 3 aromatic heterocycles. The van der Waals surface area contributed by atoms with Gasteiger partial charge in [0.25, 0.3) is 0 Å². The fourth-order valence-corrected chi connectivity index (χ4v) is 7.13. The van der Waals surface area contributed by atoms with E-state index in [4.69, 9.17) is 16.6 Å². The van der Waals surface area contributed by atoms with Crippen molar-refractivity contribution in [2.45, 2.75) is 44.4 Å². The first-order chi connectivity index (χ1) is 18.4. The van der Waals surface area contributed by atoms with E-state index in [9.17, 15) is 17.2 Å². The van der Waals surface area contributed by atoms with E-state index in [0.29, 0.717) is 22.4 Å². The molecule has 2 aliphatic carbocycles. The molecular weight excluding hydrogens is 546 g/mol. The van der Waals surface area contributed by atoms with E-state index >= 15 is 0 Å². The molecule has 0 N–H and O–H groups in total. The lowest BCUT2D eigenvalue weighted by Crippen LogP contribution is -2.38. The number of rotatable bonds is 6. The smallest absolute Gasteiger partial charge is 0.156 e. The summed E-state index contributed by atoms with van der Waals surface area (Å²) >= 11 is 6.60. The van der Waals surface area contributed by atoms with Gasteiger partial charge in [-0.2, -0.15) is 5.10 Å². The van der Waals surface area contributed by atoms with Crippen LogP contribution in [0.4, 0.5) is 8.78 Å². The average molecular weight is 571 g/mol. The van der Waals surface area contributed by atoms with Crippen molar-refractivity contribution in [3.05, 3.63) is 82.2 Å². The third-order valence-electron chi connectivity index (χ3n) is 8.29. The summed E-state index contributed by atoms with van der Waals surface area (Å²) in [5.74, 6) is -0.533. The Morgan fingerprint density at radius 2 is 1.87 bits per heavy atom. The molecule has 1 fully saturated rings. The number of aromatic nitrogens is 6. The Hall–Kier alpha value is -3.31. The normalized spacial score (nSPS) is 21.3. The van der Waals surface area contributed by atoms with Crippen molar-refractivity contribution in [2.75, 3.05) is 12.0 Å². The highest BCUT2D eigenvalue weighted by Crippen LogP contribution is 2.69.